The van der Waals surface area contributed by atoms with E-state index in [2.05, 4.69) is 10.6 Å². The lowest BCUT2D eigenvalue weighted by Crippen LogP contribution is -2.18. The molecule has 6 nitrogen and oxygen atoms in total. The second-order valence-corrected chi connectivity index (χ2v) is 5.59. The molecule has 2 N–H and O–H groups in total. The highest BCUT2D eigenvalue weighted by Gasteiger charge is 2.11. The topological polar surface area (TPSA) is 84.5 Å². The van der Waals surface area contributed by atoms with Crippen LogP contribution in [0.4, 0.5) is 5.69 Å². The van der Waals surface area contributed by atoms with Gasteiger partial charge in [-0.1, -0.05) is 6.07 Å². The first-order valence-corrected chi connectivity index (χ1v) is 8.41. The summed E-state index contributed by atoms with van der Waals surface area (Å²) in [6, 6.07) is 13.5. The van der Waals surface area contributed by atoms with Gasteiger partial charge in [0.15, 0.2) is 5.78 Å². The van der Waals surface area contributed by atoms with Gasteiger partial charge in [0, 0.05) is 36.7 Å². The Morgan fingerprint density at radius 3 is 2.35 bits per heavy atom. The molecule has 0 saturated carbocycles. The third-order valence-corrected chi connectivity index (χ3v) is 3.70. The van der Waals surface area contributed by atoms with Crippen molar-refractivity contribution in [1.82, 2.24) is 5.32 Å². The van der Waals surface area contributed by atoms with Crippen molar-refractivity contribution in [3.8, 4) is 5.75 Å². The second kappa shape index (κ2) is 9.36. The van der Waals surface area contributed by atoms with Crippen LogP contribution >= 0.6 is 0 Å². The van der Waals surface area contributed by atoms with Crippen LogP contribution in [0.3, 0.4) is 0 Å². The maximum Gasteiger partial charge on any atom is 0.251 e. The van der Waals surface area contributed by atoms with Crippen molar-refractivity contribution in [3.05, 3.63) is 59.7 Å². The molecule has 2 aromatic carbocycles. The molecule has 0 unspecified atom stereocenters. The lowest BCUT2D eigenvalue weighted by Gasteiger charge is -2.07. The first-order valence-electron chi connectivity index (χ1n) is 8.41. The van der Waals surface area contributed by atoms with Gasteiger partial charge in [0.1, 0.15) is 5.75 Å². The summed E-state index contributed by atoms with van der Waals surface area (Å²) in [7, 11) is 1.54. The summed E-state index contributed by atoms with van der Waals surface area (Å²) in [6.07, 6.45) is 0.172. The number of anilines is 1. The van der Waals surface area contributed by atoms with Gasteiger partial charge in [0.2, 0.25) is 5.91 Å². The number of benzene rings is 2. The van der Waals surface area contributed by atoms with Crippen molar-refractivity contribution in [3.63, 3.8) is 0 Å². The van der Waals surface area contributed by atoms with Crippen LogP contribution in [0, 0.1) is 0 Å². The minimum atomic E-state index is -0.279. The second-order valence-electron chi connectivity index (χ2n) is 5.59. The summed E-state index contributed by atoms with van der Waals surface area (Å²) in [5, 5.41) is 5.23. The van der Waals surface area contributed by atoms with Crippen LogP contribution in [0.15, 0.2) is 48.5 Å². The number of ether oxygens (including phenoxy) is 1. The van der Waals surface area contributed by atoms with Crippen LogP contribution in [0.25, 0.3) is 0 Å². The number of hydrogen-bond acceptors (Lipinski definition) is 4. The third-order valence-electron chi connectivity index (χ3n) is 3.70. The molecule has 0 bridgehead atoms. The van der Waals surface area contributed by atoms with Gasteiger partial charge >= 0.3 is 0 Å². The highest BCUT2D eigenvalue weighted by Crippen LogP contribution is 2.15. The number of amides is 2. The Kier molecular flexibility index (Phi) is 6.91. The van der Waals surface area contributed by atoms with Crippen LogP contribution in [-0.4, -0.2) is 31.3 Å². The summed E-state index contributed by atoms with van der Waals surface area (Å²) >= 11 is 0. The zero-order valence-corrected chi connectivity index (χ0v) is 14.9. The summed E-state index contributed by atoms with van der Waals surface area (Å²) in [5.74, 6) is 0.0882. The van der Waals surface area contributed by atoms with Crippen LogP contribution in [0.5, 0.6) is 5.75 Å². The molecule has 0 aromatic heterocycles. The van der Waals surface area contributed by atoms with Gasteiger partial charge in [0.25, 0.3) is 5.91 Å². The summed E-state index contributed by atoms with van der Waals surface area (Å²) in [4.78, 5) is 35.8. The van der Waals surface area contributed by atoms with Crippen molar-refractivity contribution in [2.24, 2.45) is 0 Å². The molecule has 0 atom stereocenters. The summed E-state index contributed by atoms with van der Waals surface area (Å²) < 4.78 is 5.34. The monoisotopic (exact) mass is 354 g/mol. The molecular formula is C20H22N2O4. The molecule has 2 amide bonds. The van der Waals surface area contributed by atoms with Crippen molar-refractivity contribution in [1.29, 1.82) is 0 Å². The number of nitrogens with one attached hydrogen (secondary N) is 2. The Morgan fingerprint density at radius 2 is 1.69 bits per heavy atom. The lowest BCUT2D eigenvalue weighted by atomic mass is 10.1. The minimum Gasteiger partial charge on any atom is -0.494 e. The molecule has 0 spiro atoms. The van der Waals surface area contributed by atoms with E-state index in [1.165, 1.54) is 0 Å². The first kappa shape index (κ1) is 19.2. The van der Waals surface area contributed by atoms with E-state index in [4.69, 9.17) is 4.74 Å². The predicted molar refractivity (Wildman–Crippen MR) is 99.6 cm³/mol. The molecule has 0 aliphatic carbocycles. The molecule has 0 radical (unpaired) electrons. The highest BCUT2D eigenvalue weighted by molar-refractivity contribution is 6.00. The van der Waals surface area contributed by atoms with E-state index in [9.17, 15) is 14.4 Å². The van der Waals surface area contributed by atoms with E-state index < -0.39 is 0 Å². The van der Waals surface area contributed by atoms with E-state index in [1.807, 2.05) is 6.92 Å². The van der Waals surface area contributed by atoms with Crippen molar-refractivity contribution < 1.29 is 19.1 Å². The van der Waals surface area contributed by atoms with Crippen molar-refractivity contribution >= 4 is 23.3 Å². The Hall–Kier alpha value is -3.15. The van der Waals surface area contributed by atoms with Gasteiger partial charge in [-0.05, 0) is 49.4 Å². The van der Waals surface area contributed by atoms with E-state index >= 15 is 0 Å². The Labute approximate surface area is 152 Å². The number of carbonyl (C=O) groups is 3. The third kappa shape index (κ3) is 5.44. The maximum absolute atomic E-state index is 12.2. The van der Waals surface area contributed by atoms with Gasteiger partial charge in [-0.2, -0.15) is 0 Å². The predicted octanol–water partition coefficient (Wildman–Crippen LogP) is 3.05. The maximum atomic E-state index is 12.2. The van der Waals surface area contributed by atoms with Crippen LogP contribution in [-0.2, 0) is 4.79 Å². The highest BCUT2D eigenvalue weighted by atomic mass is 16.5. The van der Waals surface area contributed by atoms with E-state index in [0.717, 1.165) is 0 Å². The average molecular weight is 354 g/mol. The number of rotatable bonds is 8. The Morgan fingerprint density at radius 1 is 0.962 bits per heavy atom. The molecular weight excluding hydrogens is 332 g/mol. The largest absolute Gasteiger partial charge is 0.494 e. The van der Waals surface area contributed by atoms with Gasteiger partial charge in [-0.3, -0.25) is 14.4 Å². The van der Waals surface area contributed by atoms with Gasteiger partial charge in [-0.25, -0.2) is 0 Å². The van der Waals surface area contributed by atoms with Crippen molar-refractivity contribution in [2.75, 3.05) is 19.0 Å². The quantitative estimate of drug-likeness (QED) is 0.714. The van der Waals surface area contributed by atoms with Crippen LogP contribution in [0.1, 0.15) is 40.5 Å². The number of carbonyl (C=O) groups excluding carboxylic acids is 3. The molecule has 0 fully saturated rings. The fourth-order valence-electron chi connectivity index (χ4n) is 2.38. The Balaban J connectivity index is 1.88. The average Bonchev–Trinajstić information content (AvgIpc) is 2.66. The molecule has 0 saturated heterocycles. The fourth-order valence-corrected chi connectivity index (χ4v) is 2.38. The van der Waals surface area contributed by atoms with Crippen LogP contribution in [0.2, 0.25) is 0 Å². The SMILES string of the molecule is CCOc1ccc(C(=O)CCC(=O)Nc2cccc(C(=O)NC)c2)cc1. The van der Waals surface area contributed by atoms with Gasteiger partial charge in [-0.15, -0.1) is 0 Å². The fraction of sp³-hybridized carbons (Fsp3) is 0.250. The lowest BCUT2D eigenvalue weighted by molar-refractivity contribution is -0.116. The zero-order chi connectivity index (χ0) is 18.9. The molecule has 136 valence electrons. The van der Waals surface area contributed by atoms with Crippen molar-refractivity contribution in [2.45, 2.75) is 19.8 Å². The normalized spacial score (nSPS) is 10.1. The first-order chi connectivity index (χ1) is 12.5. The Bertz CT molecular complexity index is 785. The van der Waals surface area contributed by atoms with Gasteiger partial charge in [0.05, 0.1) is 6.61 Å². The zero-order valence-electron chi connectivity index (χ0n) is 14.9. The molecule has 0 aliphatic rings. The molecule has 2 rings (SSSR count). The molecule has 26 heavy (non-hydrogen) atoms. The molecule has 0 aliphatic heterocycles. The van der Waals surface area contributed by atoms with E-state index in [1.54, 1.807) is 55.6 Å². The van der Waals surface area contributed by atoms with E-state index in [-0.39, 0.29) is 30.4 Å². The van der Waals surface area contributed by atoms with Gasteiger partial charge < -0.3 is 15.4 Å². The standard InChI is InChI=1S/C20H22N2O4/c1-3-26-17-9-7-14(8-10-17)18(23)11-12-19(24)22-16-6-4-5-15(13-16)20(25)21-2/h4-10,13H,3,11-12H2,1-2H3,(H,21,25)(H,22,24). The summed E-state index contributed by atoms with van der Waals surface area (Å²) in [6.45, 7) is 2.45. The molecule has 0 heterocycles. The van der Waals surface area contributed by atoms with E-state index in [0.29, 0.717) is 29.2 Å². The number of ketones is 1. The molecule has 6 heteroatoms. The van der Waals surface area contributed by atoms with Crippen LogP contribution < -0.4 is 15.4 Å². The number of Topliss-reactive ketones (excluding diaryl/α,β-unsaturated/α-hetero) is 1. The smallest absolute Gasteiger partial charge is 0.251 e. The number of hydrogen-bond donors (Lipinski definition) is 2. The summed E-state index contributed by atoms with van der Waals surface area (Å²) in [5.41, 5.74) is 1.52. The molecule has 2 aromatic rings. The minimum absolute atomic E-state index is 0.0657.